The van der Waals surface area contributed by atoms with Crippen LogP contribution in [0.4, 0.5) is 0 Å². The Hall–Kier alpha value is -2.24. The average Bonchev–Trinajstić information content (AvgIpc) is 3.14. The van der Waals surface area contributed by atoms with Crippen molar-refractivity contribution in [2.75, 3.05) is 20.1 Å². The lowest BCUT2D eigenvalue weighted by Crippen LogP contribution is -2.44. The van der Waals surface area contributed by atoms with E-state index >= 15 is 0 Å². The molecule has 1 aliphatic carbocycles. The second kappa shape index (κ2) is 8.43. The summed E-state index contributed by atoms with van der Waals surface area (Å²) in [6.45, 7) is 3.98. The molecule has 142 valence electrons. The topological polar surface area (TPSA) is 77.0 Å². The van der Waals surface area contributed by atoms with Gasteiger partial charge in [-0.15, -0.1) is 0 Å². The van der Waals surface area contributed by atoms with Crippen LogP contribution in [0.3, 0.4) is 0 Å². The molecule has 0 saturated carbocycles. The highest BCUT2D eigenvalue weighted by atomic mass is 16.3. The zero-order chi connectivity index (χ0) is 18.5. The second-order valence-corrected chi connectivity index (χ2v) is 7.16. The number of nitrogens with one attached hydrogen (secondary N) is 2. The van der Waals surface area contributed by atoms with Crippen LogP contribution in [0.5, 0.6) is 5.75 Å². The van der Waals surface area contributed by atoms with Crippen molar-refractivity contribution in [3.8, 4) is 5.75 Å². The first kappa shape index (κ1) is 18.5. The molecule has 1 unspecified atom stereocenters. The van der Waals surface area contributed by atoms with Crippen molar-refractivity contribution >= 4 is 11.9 Å². The fraction of sp³-hybridized carbons (Fsp3) is 0.600. The molecule has 1 saturated heterocycles. The maximum absolute atomic E-state index is 11.8. The van der Waals surface area contributed by atoms with Crippen molar-refractivity contribution in [3.05, 3.63) is 28.8 Å². The number of benzene rings is 1. The van der Waals surface area contributed by atoms with Crippen LogP contribution in [0.15, 0.2) is 17.1 Å². The Morgan fingerprint density at radius 2 is 2.15 bits per heavy atom. The van der Waals surface area contributed by atoms with Crippen LogP contribution in [-0.4, -0.2) is 48.1 Å². The lowest BCUT2D eigenvalue weighted by atomic mass is 9.88. The lowest BCUT2D eigenvalue weighted by Gasteiger charge is -2.22. The molecular weight excluding hydrogens is 328 g/mol. The molecule has 3 N–H and O–H groups in total. The van der Waals surface area contributed by atoms with Gasteiger partial charge in [0.05, 0.1) is 0 Å². The van der Waals surface area contributed by atoms with Gasteiger partial charge in [-0.25, -0.2) is 0 Å². The number of nitrogens with zero attached hydrogens (tertiary/aromatic N) is 2. The number of rotatable bonds is 4. The van der Waals surface area contributed by atoms with Gasteiger partial charge in [-0.1, -0.05) is 13.0 Å². The highest BCUT2D eigenvalue weighted by Crippen LogP contribution is 2.30. The van der Waals surface area contributed by atoms with Gasteiger partial charge in [-0.2, -0.15) is 0 Å². The molecule has 1 aromatic carbocycles. The summed E-state index contributed by atoms with van der Waals surface area (Å²) in [6.07, 6.45) is 6.02. The number of guanidine groups is 1. The quantitative estimate of drug-likeness (QED) is 0.568. The summed E-state index contributed by atoms with van der Waals surface area (Å²) in [5.74, 6) is 1.28. The second-order valence-electron chi connectivity index (χ2n) is 7.16. The minimum atomic E-state index is 0.207. The Morgan fingerprint density at radius 1 is 1.35 bits per heavy atom. The van der Waals surface area contributed by atoms with E-state index in [1.807, 2.05) is 17.9 Å². The smallest absolute Gasteiger partial charge is 0.222 e. The molecule has 0 aromatic heterocycles. The molecule has 1 heterocycles. The van der Waals surface area contributed by atoms with E-state index in [9.17, 15) is 9.90 Å². The fourth-order valence-corrected chi connectivity index (χ4v) is 3.98. The summed E-state index contributed by atoms with van der Waals surface area (Å²) < 4.78 is 0. The Morgan fingerprint density at radius 3 is 2.92 bits per heavy atom. The Kier molecular flexibility index (Phi) is 6.01. The number of aromatic hydroxyl groups is 1. The number of phenols is 1. The van der Waals surface area contributed by atoms with E-state index in [-0.39, 0.29) is 11.9 Å². The predicted molar refractivity (Wildman–Crippen MR) is 103 cm³/mol. The summed E-state index contributed by atoms with van der Waals surface area (Å²) >= 11 is 0. The van der Waals surface area contributed by atoms with Crippen molar-refractivity contribution in [1.29, 1.82) is 0 Å². The van der Waals surface area contributed by atoms with Crippen molar-refractivity contribution in [3.63, 3.8) is 0 Å². The van der Waals surface area contributed by atoms with Gasteiger partial charge in [0.1, 0.15) is 5.75 Å². The van der Waals surface area contributed by atoms with Crippen LogP contribution in [0.25, 0.3) is 0 Å². The van der Waals surface area contributed by atoms with Crippen LogP contribution in [-0.2, 0) is 24.2 Å². The number of fused-ring (bicyclic) bond motifs is 1. The van der Waals surface area contributed by atoms with E-state index in [1.165, 1.54) is 24.0 Å². The fourth-order valence-electron chi connectivity index (χ4n) is 3.98. The van der Waals surface area contributed by atoms with Crippen molar-refractivity contribution in [2.24, 2.45) is 4.99 Å². The molecule has 1 fully saturated rings. The normalized spacial score (nSPS) is 20.0. The molecule has 6 nitrogen and oxygen atoms in total. The van der Waals surface area contributed by atoms with Gasteiger partial charge >= 0.3 is 0 Å². The zero-order valence-electron chi connectivity index (χ0n) is 15.8. The first-order valence-corrected chi connectivity index (χ1v) is 9.70. The summed E-state index contributed by atoms with van der Waals surface area (Å²) in [4.78, 5) is 18.0. The van der Waals surface area contributed by atoms with Gasteiger partial charge in [0, 0.05) is 44.7 Å². The third-order valence-corrected chi connectivity index (χ3v) is 5.47. The number of aliphatic imine (C=N–C) groups is 1. The zero-order valence-corrected chi connectivity index (χ0v) is 15.8. The van der Waals surface area contributed by atoms with Gasteiger partial charge in [0.2, 0.25) is 5.91 Å². The average molecular weight is 358 g/mol. The van der Waals surface area contributed by atoms with Crippen molar-refractivity contribution in [1.82, 2.24) is 15.5 Å². The minimum Gasteiger partial charge on any atom is -0.508 e. The third kappa shape index (κ3) is 4.11. The molecule has 0 bridgehead atoms. The number of likely N-dealkylation sites (tertiary alicyclic amines) is 1. The molecule has 0 radical (unpaired) electrons. The first-order valence-electron chi connectivity index (χ1n) is 9.70. The van der Waals surface area contributed by atoms with Crippen LogP contribution in [0.2, 0.25) is 0 Å². The number of hydrogen-bond acceptors (Lipinski definition) is 3. The molecule has 3 rings (SSSR count). The maximum atomic E-state index is 11.8. The Bertz CT molecular complexity index is 687. The van der Waals surface area contributed by atoms with Gasteiger partial charge in [-0.05, 0) is 49.3 Å². The van der Waals surface area contributed by atoms with Crippen molar-refractivity contribution < 1.29 is 9.90 Å². The summed E-state index contributed by atoms with van der Waals surface area (Å²) in [5.41, 5.74) is 3.64. The number of hydrogen-bond donors (Lipinski definition) is 3. The van der Waals surface area contributed by atoms with Crippen LogP contribution < -0.4 is 10.6 Å². The van der Waals surface area contributed by atoms with Crippen LogP contribution in [0, 0.1) is 0 Å². The van der Waals surface area contributed by atoms with Gasteiger partial charge < -0.3 is 20.6 Å². The van der Waals surface area contributed by atoms with E-state index in [0.717, 1.165) is 37.9 Å². The maximum Gasteiger partial charge on any atom is 0.222 e. The van der Waals surface area contributed by atoms with Gasteiger partial charge in [-0.3, -0.25) is 9.79 Å². The first-order chi connectivity index (χ1) is 12.6. The molecule has 1 amide bonds. The number of aryl methyl sites for hydroxylation is 1. The third-order valence-electron chi connectivity index (χ3n) is 5.47. The standard InChI is InChI=1S/C20H30N4O2/c1-3-19(26)24-11-10-15(13-24)23-20(21-2)22-12-17-16-7-5-4-6-14(16)8-9-18(17)25/h8-9,15,25H,3-7,10-13H2,1-2H3,(H2,21,22,23). The number of phenolic OH excluding ortho intramolecular Hbond substituents is 1. The number of carbonyl (C=O) groups excluding carboxylic acids is 1. The van der Waals surface area contributed by atoms with E-state index < -0.39 is 0 Å². The largest absolute Gasteiger partial charge is 0.508 e. The lowest BCUT2D eigenvalue weighted by molar-refractivity contribution is -0.129. The van der Waals surface area contributed by atoms with Gasteiger partial charge in [0.15, 0.2) is 5.96 Å². The highest BCUT2D eigenvalue weighted by Gasteiger charge is 2.26. The Labute approximate surface area is 155 Å². The number of carbonyl (C=O) groups is 1. The molecule has 6 heteroatoms. The van der Waals surface area contributed by atoms with Crippen molar-refractivity contribution in [2.45, 2.75) is 58.0 Å². The summed E-state index contributed by atoms with van der Waals surface area (Å²) in [6, 6.07) is 4.08. The van der Waals surface area contributed by atoms with Crippen LogP contribution >= 0.6 is 0 Å². The van der Waals surface area contributed by atoms with E-state index in [0.29, 0.717) is 24.7 Å². The highest BCUT2D eigenvalue weighted by molar-refractivity contribution is 5.80. The molecular formula is C20H30N4O2. The minimum absolute atomic E-state index is 0.207. The summed E-state index contributed by atoms with van der Waals surface area (Å²) in [7, 11) is 1.75. The Balaban J connectivity index is 1.60. The SMILES string of the molecule is CCC(=O)N1CCC(NC(=NC)NCc2c(O)ccc3c2CCCC3)C1. The van der Waals surface area contributed by atoms with E-state index in [4.69, 9.17) is 0 Å². The van der Waals surface area contributed by atoms with Gasteiger partial charge in [0.25, 0.3) is 0 Å². The van der Waals surface area contributed by atoms with E-state index in [1.54, 1.807) is 7.05 Å². The molecule has 1 aliphatic heterocycles. The molecule has 0 spiro atoms. The summed E-state index contributed by atoms with van der Waals surface area (Å²) in [5, 5.41) is 17.1. The molecule has 1 atom stereocenters. The monoisotopic (exact) mass is 358 g/mol. The van der Waals surface area contributed by atoms with E-state index in [2.05, 4.69) is 21.7 Å². The molecule has 1 aromatic rings. The predicted octanol–water partition coefficient (Wildman–Crippen LogP) is 1.95. The molecule has 26 heavy (non-hydrogen) atoms. The van der Waals surface area contributed by atoms with Crippen LogP contribution in [0.1, 0.15) is 49.3 Å². The molecule has 2 aliphatic rings. The number of amides is 1.